The number of nitrogens with zero attached hydrogens (tertiary/aromatic N) is 1. The summed E-state index contributed by atoms with van der Waals surface area (Å²) in [6.45, 7) is 3.47. The first-order valence-corrected chi connectivity index (χ1v) is 10.3. The van der Waals surface area contributed by atoms with Crippen molar-refractivity contribution >= 4 is 17.9 Å². The molecule has 2 amide bonds. The lowest BCUT2D eigenvalue weighted by Crippen LogP contribution is -2.35. The molecule has 1 saturated heterocycles. The average molecular weight is 412 g/mol. The van der Waals surface area contributed by atoms with Crippen LogP contribution in [0.4, 0.5) is 0 Å². The fraction of sp³-hybridized carbons (Fsp3) is 0.391. The van der Waals surface area contributed by atoms with Crippen molar-refractivity contribution in [2.75, 3.05) is 19.6 Å². The summed E-state index contributed by atoms with van der Waals surface area (Å²) in [4.78, 5) is 26.0. The molecule has 2 aromatic rings. The molecule has 0 radical (unpaired) electrons. The molecular formula is C23H29N3O4. The van der Waals surface area contributed by atoms with Crippen LogP contribution >= 0.6 is 0 Å². The van der Waals surface area contributed by atoms with Crippen molar-refractivity contribution in [1.29, 1.82) is 0 Å². The third kappa shape index (κ3) is 7.50. The van der Waals surface area contributed by atoms with E-state index in [0.29, 0.717) is 12.3 Å². The number of piperidine rings is 1. The molecule has 1 aromatic carbocycles. The first kappa shape index (κ1) is 21.8. The van der Waals surface area contributed by atoms with Crippen LogP contribution in [0.15, 0.2) is 53.2 Å². The zero-order chi connectivity index (χ0) is 21.2. The standard InChI is InChI=1S/C23H29N3O4/c27-20-10-13-26(14-11-20)17-19-5-3-18(4-6-19)16-25-23(29)9-12-24-22(28)8-7-21-2-1-15-30-21/h1-8,15,20,27H,9-14,16-17H2,(H,24,28)(H,25,29)/b8-7+. The van der Waals surface area contributed by atoms with Gasteiger partial charge in [0.05, 0.1) is 12.4 Å². The molecule has 0 aliphatic carbocycles. The summed E-state index contributed by atoms with van der Waals surface area (Å²) >= 11 is 0. The van der Waals surface area contributed by atoms with Crippen molar-refractivity contribution in [1.82, 2.24) is 15.5 Å². The predicted molar refractivity (Wildman–Crippen MR) is 114 cm³/mol. The lowest BCUT2D eigenvalue weighted by Gasteiger charge is -2.29. The van der Waals surface area contributed by atoms with Crippen molar-refractivity contribution in [3.63, 3.8) is 0 Å². The molecule has 3 N–H and O–H groups in total. The van der Waals surface area contributed by atoms with Crippen LogP contribution in [0.3, 0.4) is 0 Å². The first-order chi connectivity index (χ1) is 14.6. The highest BCUT2D eigenvalue weighted by Gasteiger charge is 2.16. The molecule has 7 heteroatoms. The fourth-order valence-corrected chi connectivity index (χ4v) is 3.29. The molecule has 7 nitrogen and oxygen atoms in total. The number of likely N-dealkylation sites (tertiary alicyclic amines) is 1. The second-order valence-electron chi connectivity index (χ2n) is 7.49. The number of rotatable bonds is 9. The number of aliphatic hydroxyl groups is 1. The third-order valence-corrected chi connectivity index (χ3v) is 5.07. The minimum absolute atomic E-state index is 0.110. The van der Waals surface area contributed by atoms with Crippen molar-refractivity contribution in [3.05, 3.63) is 65.6 Å². The van der Waals surface area contributed by atoms with Crippen LogP contribution in [0.1, 0.15) is 36.1 Å². The number of furan rings is 1. The topological polar surface area (TPSA) is 94.8 Å². The normalized spacial score (nSPS) is 15.4. The smallest absolute Gasteiger partial charge is 0.244 e. The highest BCUT2D eigenvalue weighted by molar-refractivity contribution is 5.91. The Morgan fingerprint density at radius 1 is 1.10 bits per heavy atom. The van der Waals surface area contributed by atoms with Gasteiger partial charge in [0.2, 0.25) is 11.8 Å². The maximum absolute atomic E-state index is 12.0. The van der Waals surface area contributed by atoms with Gasteiger partial charge < -0.3 is 20.2 Å². The van der Waals surface area contributed by atoms with Gasteiger partial charge in [-0.3, -0.25) is 14.5 Å². The van der Waals surface area contributed by atoms with Crippen LogP contribution in [0.2, 0.25) is 0 Å². The summed E-state index contributed by atoms with van der Waals surface area (Å²) in [6.07, 6.45) is 6.24. The molecule has 160 valence electrons. The van der Waals surface area contributed by atoms with E-state index in [0.717, 1.165) is 38.0 Å². The Morgan fingerprint density at radius 2 is 1.83 bits per heavy atom. The van der Waals surface area contributed by atoms with Crippen LogP contribution in [0, 0.1) is 0 Å². The van der Waals surface area contributed by atoms with Crippen LogP contribution < -0.4 is 10.6 Å². The quantitative estimate of drug-likeness (QED) is 0.549. The molecule has 0 atom stereocenters. The molecule has 0 bridgehead atoms. The Bertz CT molecular complexity index is 823. The summed E-state index contributed by atoms with van der Waals surface area (Å²) in [7, 11) is 0. The van der Waals surface area contributed by atoms with Crippen LogP contribution in [-0.4, -0.2) is 47.6 Å². The van der Waals surface area contributed by atoms with E-state index in [1.54, 1.807) is 18.2 Å². The SMILES string of the molecule is O=C(/C=C/c1ccco1)NCCC(=O)NCc1ccc(CN2CCC(O)CC2)cc1. The zero-order valence-corrected chi connectivity index (χ0v) is 17.0. The molecule has 3 rings (SSSR count). The van der Waals surface area contributed by atoms with E-state index in [9.17, 15) is 14.7 Å². The van der Waals surface area contributed by atoms with Gasteiger partial charge in [0.1, 0.15) is 5.76 Å². The lowest BCUT2D eigenvalue weighted by molar-refractivity contribution is -0.121. The summed E-state index contributed by atoms with van der Waals surface area (Å²) in [5.41, 5.74) is 2.26. The van der Waals surface area contributed by atoms with Gasteiger partial charge in [0.25, 0.3) is 0 Å². The van der Waals surface area contributed by atoms with E-state index >= 15 is 0 Å². The van der Waals surface area contributed by atoms with Gasteiger partial charge >= 0.3 is 0 Å². The Balaban J connectivity index is 1.31. The zero-order valence-electron chi connectivity index (χ0n) is 17.0. The van der Waals surface area contributed by atoms with Gasteiger partial charge in [-0.05, 0) is 42.2 Å². The van der Waals surface area contributed by atoms with E-state index in [4.69, 9.17) is 4.42 Å². The average Bonchev–Trinajstić information content (AvgIpc) is 3.27. The van der Waals surface area contributed by atoms with Gasteiger partial charge in [0.15, 0.2) is 0 Å². The third-order valence-electron chi connectivity index (χ3n) is 5.07. The number of amides is 2. The molecule has 0 spiro atoms. The molecule has 0 saturated carbocycles. The molecule has 0 unspecified atom stereocenters. The monoisotopic (exact) mass is 411 g/mol. The van der Waals surface area contributed by atoms with Gasteiger partial charge in [-0.2, -0.15) is 0 Å². The van der Waals surface area contributed by atoms with Crippen LogP contribution in [-0.2, 0) is 22.7 Å². The lowest BCUT2D eigenvalue weighted by atomic mass is 10.1. The minimum atomic E-state index is -0.266. The number of carbonyl (C=O) groups excluding carboxylic acids is 2. The maximum Gasteiger partial charge on any atom is 0.244 e. The van der Waals surface area contributed by atoms with Gasteiger partial charge in [0, 0.05) is 45.2 Å². The van der Waals surface area contributed by atoms with Gasteiger partial charge in [-0.25, -0.2) is 0 Å². The summed E-state index contributed by atoms with van der Waals surface area (Å²) in [6, 6.07) is 11.7. The van der Waals surface area contributed by atoms with E-state index < -0.39 is 0 Å². The Kier molecular flexibility index (Phi) is 8.23. The summed E-state index contributed by atoms with van der Waals surface area (Å²) in [5, 5.41) is 15.1. The van der Waals surface area contributed by atoms with Crippen molar-refractivity contribution in [2.24, 2.45) is 0 Å². The Morgan fingerprint density at radius 3 is 2.53 bits per heavy atom. The minimum Gasteiger partial charge on any atom is -0.465 e. The van der Waals surface area contributed by atoms with Crippen molar-refractivity contribution in [3.8, 4) is 0 Å². The number of hydrogen-bond donors (Lipinski definition) is 3. The van der Waals surface area contributed by atoms with Crippen LogP contribution in [0.25, 0.3) is 6.08 Å². The first-order valence-electron chi connectivity index (χ1n) is 10.3. The number of hydrogen-bond acceptors (Lipinski definition) is 5. The Hall–Kier alpha value is -2.90. The largest absolute Gasteiger partial charge is 0.465 e. The van der Waals surface area contributed by atoms with E-state index in [1.807, 2.05) is 12.1 Å². The fourth-order valence-electron chi connectivity index (χ4n) is 3.29. The number of nitrogens with one attached hydrogen (secondary N) is 2. The summed E-state index contributed by atoms with van der Waals surface area (Å²) < 4.78 is 5.11. The number of benzene rings is 1. The van der Waals surface area contributed by atoms with Crippen LogP contribution in [0.5, 0.6) is 0 Å². The van der Waals surface area contributed by atoms with Crippen molar-refractivity contribution < 1.29 is 19.1 Å². The number of aliphatic hydroxyl groups excluding tert-OH is 1. The molecular weight excluding hydrogens is 382 g/mol. The van der Waals surface area contributed by atoms with Gasteiger partial charge in [-0.1, -0.05) is 24.3 Å². The highest BCUT2D eigenvalue weighted by atomic mass is 16.3. The molecule has 1 aliphatic rings. The van der Waals surface area contributed by atoms with E-state index in [-0.39, 0.29) is 30.9 Å². The van der Waals surface area contributed by atoms with Crippen molar-refractivity contribution in [2.45, 2.75) is 38.5 Å². The second-order valence-corrected chi connectivity index (χ2v) is 7.49. The molecule has 1 aliphatic heterocycles. The maximum atomic E-state index is 12.0. The highest BCUT2D eigenvalue weighted by Crippen LogP contribution is 2.14. The van der Waals surface area contributed by atoms with E-state index in [1.165, 1.54) is 17.9 Å². The molecule has 30 heavy (non-hydrogen) atoms. The number of carbonyl (C=O) groups is 2. The van der Waals surface area contributed by atoms with E-state index in [2.05, 4.69) is 27.7 Å². The predicted octanol–water partition coefficient (Wildman–Crippen LogP) is 2.07. The molecule has 2 heterocycles. The Labute approximate surface area is 176 Å². The molecule has 1 fully saturated rings. The second kappa shape index (κ2) is 11.3. The van der Waals surface area contributed by atoms with Gasteiger partial charge in [-0.15, -0.1) is 0 Å². The molecule has 1 aromatic heterocycles. The summed E-state index contributed by atoms with van der Waals surface area (Å²) in [5.74, 6) is 0.225.